The maximum Gasteiger partial charge on any atom is 0.274 e. The maximum absolute atomic E-state index is 12.5. The third-order valence-electron chi connectivity index (χ3n) is 5.54. The lowest BCUT2D eigenvalue weighted by molar-refractivity contribution is -0.169. The second-order valence-electron chi connectivity index (χ2n) is 7.20. The Balaban J connectivity index is 1.40. The largest absolute Gasteiger partial charge is 0.370 e. The van der Waals surface area contributed by atoms with Crippen molar-refractivity contribution in [2.75, 3.05) is 36.5 Å². The van der Waals surface area contributed by atoms with Crippen molar-refractivity contribution in [2.45, 2.75) is 32.5 Å². The third kappa shape index (κ3) is 3.68. The summed E-state index contributed by atoms with van der Waals surface area (Å²) in [7, 11) is 0. The number of pyridine rings is 1. The number of nitrogens with zero attached hydrogens (tertiary/aromatic N) is 2. The first-order chi connectivity index (χ1) is 13.1. The van der Waals surface area contributed by atoms with Crippen molar-refractivity contribution in [3.63, 3.8) is 0 Å². The van der Waals surface area contributed by atoms with Gasteiger partial charge in [-0.1, -0.05) is 12.1 Å². The summed E-state index contributed by atoms with van der Waals surface area (Å²) >= 11 is 0. The first-order valence-electron chi connectivity index (χ1n) is 9.43. The van der Waals surface area contributed by atoms with Gasteiger partial charge < -0.3 is 19.7 Å². The fourth-order valence-corrected chi connectivity index (χ4v) is 3.67. The number of hydrogen-bond acceptors (Lipinski definition) is 5. The summed E-state index contributed by atoms with van der Waals surface area (Å²) < 4.78 is 11.5. The molecule has 6 nitrogen and oxygen atoms in total. The quantitative estimate of drug-likeness (QED) is 0.902. The highest BCUT2D eigenvalue weighted by atomic mass is 16.7. The Morgan fingerprint density at radius 3 is 2.52 bits per heavy atom. The second kappa shape index (κ2) is 7.29. The minimum atomic E-state index is -0.380. The van der Waals surface area contributed by atoms with Crippen molar-refractivity contribution >= 4 is 17.3 Å². The summed E-state index contributed by atoms with van der Waals surface area (Å²) in [6.07, 6.45) is 3.47. The molecule has 3 heterocycles. The molecule has 0 aliphatic carbocycles. The standard InChI is InChI=1S/C21H25N3O3/c1-15-4-3-5-18(16(15)2)23-20(25)19-7-6-17(14-22-19)24-10-8-21(9-11-24)26-12-13-27-21/h3-7,14H,8-13H2,1-2H3,(H,23,25). The van der Waals surface area contributed by atoms with Gasteiger partial charge in [0.25, 0.3) is 5.91 Å². The third-order valence-corrected chi connectivity index (χ3v) is 5.54. The monoisotopic (exact) mass is 367 g/mol. The number of benzene rings is 1. The summed E-state index contributed by atoms with van der Waals surface area (Å²) in [5.74, 6) is -0.573. The summed E-state index contributed by atoms with van der Waals surface area (Å²) in [5.41, 5.74) is 4.47. The predicted octanol–water partition coefficient (Wildman–Crippen LogP) is 3.29. The van der Waals surface area contributed by atoms with E-state index in [1.54, 1.807) is 12.3 Å². The van der Waals surface area contributed by atoms with Crippen LogP contribution in [0.1, 0.15) is 34.5 Å². The highest BCUT2D eigenvalue weighted by Gasteiger charge is 2.39. The van der Waals surface area contributed by atoms with Gasteiger partial charge in [-0.05, 0) is 43.2 Å². The number of carbonyl (C=O) groups is 1. The molecule has 142 valence electrons. The van der Waals surface area contributed by atoms with Gasteiger partial charge in [-0.3, -0.25) is 4.79 Å². The Morgan fingerprint density at radius 2 is 1.85 bits per heavy atom. The van der Waals surface area contributed by atoms with Gasteiger partial charge >= 0.3 is 0 Å². The lowest BCUT2D eigenvalue weighted by atomic mass is 10.0. The smallest absolute Gasteiger partial charge is 0.274 e. The number of nitrogens with one attached hydrogen (secondary N) is 1. The van der Waals surface area contributed by atoms with Gasteiger partial charge in [0, 0.05) is 31.6 Å². The van der Waals surface area contributed by atoms with Crippen molar-refractivity contribution in [2.24, 2.45) is 0 Å². The highest BCUT2D eigenvalue weighted by molar-refractivity contribution is 6.03. The van der Waals surface area contributed by atoms with Crippen LogP contribution in [0, 0.1) is 13.8 Å². The highest BCUT2D eigenvalue weighted by Crippen LogP contribution is 2.33. The van der Waals surface area contributed by atoms with Crippen molar-refractivity contribution in [3.8, 4) is 0 Å². The van der Waals surface area contributed by atoms with Crippen molar-refractivity contribution in [3.05, 3.63) is 53.3 Å². The Kier molecular flexibility index (Phi) is 4.85. The molecule has 2 aliphatic heterocycles. The van der Waals surface area contributed by atoms with Gasteiger partial charge in [0.2, 0.25) is 0 Å². The van der Waals surface area contributed by atoms with E-state index >= 15 is 0 Å². The number of rotatable bonds is 3. The number of hydrogen-bond donors (Lipinski definition) is 1. The van der Waals surface area contributed by atoms with Gasteiger partial charge in [0.1, 0.15) is 5.69 Å². The normalized spacial score (nSPS) is 18.7. The van der Waals surface area contributed by atoms with Crippen LogP contribution in [0.25, 0.3) is 0 Å². The second-order valence-corrected chi connectivity index (χ2v) is 7.20. The van der Waals surface area contributed by atoms with Gasteiger partial charge in [-0.25, -0.2) is 4.98 Å². The number of aryl methyl sites for hydroxylation is 1. The van der Waals surface area contributed by atoms with Gasteiger partial charge in [-0.2, -0.15) is 0 Å². The van der Waals surface area contributed by atoms with Crippen LogP contribution in [0.2, 0.25) is 0 Å². The van der Waals surface area contributed by atoms with E-state index in [1.807, 2.05) is 38.1 Å². The van der Waals surface area contributed by atoms with Crippen LogP contribution in [-0.4, -0.2) is 43.0 Å². The van der Waals surface area contributed by atoms with Crippen LogP contribution < -0.4 is 10.2 Å². The van der Waals surface area contributed by atoms with Crippen LogP contribution in [0.3, 0.4) is 0 Å². The molecule has 0 saturated carbocycles. The average Bonchev–Trinajstić information content (AvgIpc) is 3.14. The first-order valence-corrected chi connectivity index (χ1v) is 9.43. The SMILES string of the molecule is Cc1cccc(NC(=O)c2ccc(N3CCC4(CC3)OCCO4)cn2)c1C. The molecule has 0 unspecified atom stereocenters. The van der Waals surface area contributed by atoms with Gasteiger partial charge in [-0.15, -0.1) is 0 Å². The molecule has 1 amide bonds. The van der Waals surface area contributed by atoms with E-state index in [9.17, 15) is 4.79 Å². The zero-order valence-corrected chi connectivity index (χ0v) is 15.8. The van der Waals surface area contributed by atoms with Crippen LogP contribution in [0.5, 0.6) is 0 Å². The van der Waals surface area contributed by atoms with Crippen molar-refractivity contribution in [1.29, 1.82) is 0 Å². The molecule has 27 heavy (non-hydrogen) atoms. The van der Waals surface area contributed by atoms with Gasteiger partial charge in [0.05, 0.1) is 25.1 Å². The number of piperidine rings is 1. The molecule has 1 aromatic heterocycles. The van der Waals surface area contributed by atoms with E-state index in [0.717, 1.165) is 48.4 Å². The molecule has 1 N–H and O–H groups in total. The Hall–Kier alpha value is -2.44. The maximum atomic E-state index is 12.5. The zero-order valence-electron chi connectivity index (χ0n) is 15.8. The number of carbonyl (C=O) groups excluding carboxylic acids is 1. The Labute approximate surface area is 159 Å². The van der Waals surface area contributed by atoms with Crippen LogP contribution in [0.15, 0.2) is 36.5 Å². The fraction of sp³-hybridized carbons (Fsp3) is 0.429. The minimum absolute atomic E-state index is 0.194. The van der Waals surface area contributed by atoms with E-state index < -0.39 is 0 Å². The molecule has 2 aromatic rings. The van der Waals surface area contributed by atoms with E-state index in [4.69, 9.17) is 9.47 Å². The number of aromatic nitrogens is 1. The van der Waals surface area contributed by atoms with E-state index in [0.29, 0.717) is 18.9 Å². The zero-order chi connectivity index (χ0) is 18.9. The molecule has 1 aromatic carbocycles. The predicted molar refractivity (Wildman–Crippen MR) is 104 cm³/mol. The Bertz CT molecular complexity index is 819. The van der Waals surface area contributed by atoms with Gasteiger partial charge in [0.15, 0.2) is 5.79 Å². The number of amides is 1. The molecular weight excluding hydrogens is 342 g/mol. The van der Waals surface area contributed by atoms with E-state index in [-0.39, 0.29) is 11.7 Å². The van der Waals surface area contributed by atoms with Crippen LogP contribution >= 0.6 is 0 Å². The lowest BCUT2D eigenvalue weighted by Crippen LogP contribution is -2.45. The van der Waals surface area contributed by atoms with Crippen molar-refractivity contribution < 1.29 is 14.3 Å². The molecule has 2 aliphatic rings. The lowest BCUT2D eigenvalue weighted by Gasteiger charge is -2.38. The molecule has 0 radical (unpaired) electrons. The topological polar surface area (TPSA) is 63.7 Å². The van der Waals surface area contributed by atoms with Crippen LogP contribution in [-0.2, 0) is 9.47 Å². The molecule has 0 atom stereocenters. The Morgan fingerprint density at radius 1 is 1.11 bits per heavy atom. The summed E-state index contributed by atoms with van der Waals surface area (Å²) in [5, 5.41) is 2.95. The van der Waals surface area contributed by atoms with Crippen LogP contribution in [0.4, 0.5) is 11.4 Å². The molecule has 2 fully saturated rings. The molecule has 2 saturated heterocycles. The molecule has 1 spiro atoms. The summed E-state index contributed by atoms with van der Waals surface area (Å²) in [6.45, 7) is 7.12. The number of anilines is 2. The molecule has 4 rings (SSSR count). The molecular formula is C21H25N3O3. The van der Waals surface area contributed by atoms with E-state index in [1.165, 1.54) is 0 Å². The fourth-order valence-electron chi connectivity index (χ4n) is 3.67. The number of ether oxygens (including phenoxy) is 2. The summed E-state index contributed by atoms with van der Waals surface area (Å²) in [4.78, 5) is 19.1. The molecule has 0 bridgehead atoms. The first kappa shape index (κ1) is 17.9. The van der Waals surface area contributed by atoms with Crippen molar-refractivity contribution in [1.82, 2.24) is 4.98 Å². The minimum Gasteiger partial charge on any atom is -0.370 e. The molecule has 6 heteroatoms. The van der Waals surface area contributed by atoms with E-state index in [2.05, 4.69) is 15.2 Å². The average molecular weight is 367 g/mol. The summed E-state index contributed by atoms with van der Waals surface area (Å²) in [6, 6.07) is 9.62.